The van der Waals surface area contributed by atoms with Crippen molar-refractivity contribution in [2.75, 3.05) is 5.32 Å². The number of rotatable bonds is 8. The van der Waals surface area contributed by atoms with Crippen molar-refractivity contribution in [2.24, 2.45) is 0 Å². The van der Waals surface area contributed by atoms with Gasteiger partial charge in [0.25, 0.3) is 11.8 Å². The maximum atomic E-state index is 12.9. The van der Waals surface area contributed by atoms with Gasteiger partial charge in [0.2, 0.25) is 0 Å². The lowest BCUT2D eigenvalue weighted by Crippen LogP contribution is -2.24. The summed E-state index contributed by atoms with van der Waals surface area (Å²) in [4.78, 5) is 25.6. The van der Waals surface area contributed by atoms with Gasteiger partial charge in [-0.25, -0.2) is 0 Å². The molecule has 0 aliphatic heterocycles. The Kier molecular flexibility index (Phi) is 7.13. The molecular weight excluding hydrogens is 412 g/mol. The van der Waals surface area contributed by atoms with Crippen molar-refractivity contribution in [3.8, 4) is 5.75 Å². The molecule has 0 heterocycles. The number of nitrogens with one attached hydrogen (secondary N) is 2. The zero-order chi connectivity index (χ0) is 22.9. The highest BCUT2D eigenvalue weighted by Gasteiger charge is 2.14. The van der Waals surface area contributed by atoms with Gasteiger partial charge in [-0.1, -0.05) is 78.9 Å². The lowest BCUT2D eigenvalue weighted by molar-refractivity contribution is 0.0952. The van der Waals surface area contributed by atoms with E-state index in [9.17, 15) is 9.59 Å². The standard InChI is InChI=1S/C28H24N2O3/c31-27(23-14-9-15-24(18-23)33-20-22-12-5-2-6-13-22)30-26-17-8-7-16-25(26)28(32)29-19-21-10-3-1-4-11-21/h1-18H,19-20H2,(H,29,32)(H,30,31). The first-order valence-electron chi connectivity index (χ1n) is 10.7. The molecule has 0 unspecified atom stereocenters. The lowest BCUT2D eigenvalue weighted by Gasteiger charge is -2.12. The first-order valence-corrected chi connectivity index (χ1v) is 10.7. The van der Waals surface area contributed by atoms with E-state index in [1.165, 1.54) is 0 Å². The van der Waals surface area contributed by atoms with E-state index in [1.54, 1.807) is 42.5 Å². The van der Waals surface area contributed by atoms with Gasteiger partial charge in [0, 0.05) is 12.1 Å². The van der Waals surface area contributed by atoms with Gasteiger partial charge in [-0.2, -0.15) is 0 Å². The molecule has 0 bridgehead atoms. The SMILES string of the molecule is O=C(Nc1ccccc1C(=O)NCc1ccccc1)c1cccc(OCc2ccccc2)c1. The van der Waals surface area contributed by atoms with Crippen molar-refractivity contribution in [1.29, 1.82) is 0 Å². The summed E-state index contributed by atoms with van der Waals surface area (Å²) < 4.78 is 5.82. The number of anilines is 1. The molecule has 0 aliphatic rings. The van der Waals surface area contributed by atoms with Crippen LogP contribution >= 0.6 is 0 Å². The fraction of sp³-hybridized carbons (Fsp3) is 0.0714. The molecule has 0 saturated carbocycles. The third kappa shape index (κ3) is 6.08. The van der Waals surface area contributed by atoms with Gasteiger partial charge in [0.05, 0.1) is 11.3 Å². The number of benzene rings is 4. The predicted molar refractivity (Wildman–Crippen MR) is 129 cm³/mol. The Morgan fingerprint density at radius 1 is 0.667 bits per heavy atom. The van der Waals surface area contributed by atoms with Gasteiger partial charge >= 0.3 is 0 Å². The molecule has 5 nitrogen and oxygen atoms in total. The largest absolute Gasteiger partial charge is 0.489 e. The summed E-state index contributed by atoms with van der Waals surface area (Å²) in [5, 5.41) is 5.75. The number of hydrogen-bond acceptors (Lipinski definition) is 3. The summed E-state index contributed by atoms with van der Waals surface area (Å²) >= 11 is 0. The summed E-state index contributed by atoms with van der Waals surface area (Å²) in [6, 6.07) is 33.4. The predicted octanol–water partition coefficient (Wildman–Crippen LogP) is 5.45. The van der Waals surface area contributed by atoms with Crippen molar-refractivity contribution in [1.82, 2.24) is 5.32 Å². The number of carbonyl (C=O) groups excluding carboxylic acids is 2. The van der Waals surface area contributed by atoms with Crippen LogP contribution in [0.3, 0.4) is 0 Å². The summed E-state index contributed by atoms with van der Waals surface area (Å²) in [6.07, 6.45) is 0. The number of hydrogen-bond donors (Lipinski definition) is 2. The second-order valence-electron chi connectivity index (χ2n) is 7.47. The average molecular weight is 437 g/mol. The number of carbonyl (C=O) groups is 2. The van der Waals surface area contributed by atoms with Crippen molar-refractivity contribution >= 4 is 17.5 Å². The first-order chi connectivity index (χ1) is 16.2. The average Bonchev–Trinajstić information content (AvgIpc) is 2.88. The summed E-state index contributed by atoms with van der Waals surface area (Å²) in [7, 11) is 0. The minimum atomic E-state index is -0.316. The van der Waals surface area contributed by atoms with Crippen LogP contribution in [-0.4, -0.2) is 11.8 Å². The minimum Gasteiger partial charge on any atom is -0.489 e. The van der Waals surface area contributed by atoms with Gasteiger partial charge in [-0.15, -0.1) is 0 Å². The number of para-hydroxylation sites is 1. The maximum absolute atomic E-state index is 12.9. The van der Waals surface area contributed by atoms with Crippen LogP contribution < -0.4 is 15.4 Å². The Morgan fingerprint density at radius 3 is 2.09 bits per heavy atom. The van der Waals surface area contributed by atoms with Gasteiger partial charge in [0.1, 0.15) is 12.4 Å². The molecule has 0 aliphatic carbocycles. The summed E-state index contributed by atoms with van der Waals surface area (Å²) in [5.41, 5.74) is 3.34. The third-order valence-corrected chi connectivity index (χ3v) is 5.06. The first kappa shape index (κ1) is 21.8. The van der Waals surface area contributed by atoms with E-state index >= 15 is 0 Å². The van der Waals surface area contributed by atoms with Crippen LogP contribution in [0.1, 0.15) is 31.8 Å². The molecule has 0 radical (unpaired) electrons. The van der Waals surface area contributed by atoms with Crippen LogP contribution in [0.25, 0.3) is 0 Å². The highest BCUT2D eigenvalue weighted by molar-refractivity contribution is 6.09. The number of amides is 2. The fourth-order valence-corrected chi connectivity index (χ4v) is 3.33. The van der Waals surface area contributed by atoms with E-state index in [4.69, 9.17) is 4.74 Å². The maximum Gasteiger partial charge on any atom is 0.255 e. The van der Waals surface area contributed by atoms with E-state index in [0.717, 1.165) is 11.1 Å². The molecular formula is C28H24N2O3. The molecule has 0 fully saturated rings. The van der Waals surface area contributed by atoms with Crippen LogP contribution in [0.2, 0.25) is 0 Å². The quantitative estimate of drug-likeness (QED) is 0.386. The molecule has 33 heavy (non-hydrogen) atoms. The molecule has 4 aromatic rings. The van der Waals surface area contributed by atoms with Gasteiger partial charge in [-0.05, 0) is 41.5 Å². The molecule has 164 valence electrons. The van der Waals surface area contributed by atoms with E-state index in [0.29, 0.717) is 35.7 Å². The topological polar surface area (TPSA) is 67.4 Å². The second-order valence-corrected chi connectivity index (χ2v) is 7.47. The van der Waals surface area contributed by atoms with Crippen molar-refractivity contribution in [3.63, 3.8) is 0 Å². The van der Waals surface area contributed by atoms with E-state index in [-0.39, 0.29) is 11.8 Å². The van der Waals surface area contributed by atoms with Crippen LogP contribution in [0.15, 0.2) is 109 Å². The third-order valence-electron chi connectivity index (χ3n) is 5.06. The lowest BCUT2D eigenvalue weighted by atomic mass is 10.1. The normalized spacial score (nSPS) is 10.3. The minimum absolute atomic E-state index is 0.255. The number of ether oxygens (including phenoxy) is 1. The molecule has 5 heteroatoms. The molecule has 0 atom stereocenters. The highest BCUT2D eigenvalue weighted by Crippen LogP contribution is 2.19. The smallest absolute Gasteiger partial charge is 0.255 e. The summed E-state index contributed by atoms with van der Waals surface area (Å²) in [6.45, 7) is 0.819. The second kappa shape index (κ2) is 10.8. The molecule has 0 aromatic heterocycles. The Labute approximate surface area is 193 Å². The van der Waals surface area contributed by atoms with Gasteiger partial charge in [0.15, 0.2) is 0 Å². The van der Waals surface area contributed by atoms with Crippen molar-refractivity contribution in [2.45, 2.75) is 13.2 Å². The monoisotopic (exact) mass is 436 g/mol. The Morgan fingerprint density at radius 2 is 1.33 bits per heavy atom. The van der Waals surface area contributed by atoms with E-state index < -0.39 is 0 Å². The van der Waals surface area contributed by atoms with Crippen LogP contribution in [0.5, 0.6) is 5.75 Å². The summed E-state index contributed by atoms with van der Waals surface area (Å²) in [5.74, 6) is 0.0264. The zero-order valence-electron chi connectivity index (χ0n) is 18.0. The van der Waals surface area contributed by atoms with Gasteiger partial charge < -0.3 is 15.4 Å². The molecule has 2 amide bonds. The van der Waals surface area contributed by atoms with Crippen LogP contribution in [-0.2, 0) is 13.2 Å². The van der Waals surface area contributed by atoms with E-state index in [1.807, 2.05) is 66.7 Å². The van der Waals surface area contributed by atoms with Crippen LogP contribution in [0, 0.1) is 0 Å². The van der Waals surface area contributed by atoms with Gasteiger partial charge in [-0.3, -0.25) is 9.59 Å². The van der Waals surface area contributed by atoms with Crippen molar-refractivity contribution < 1.29 is 14.3 Å². The zero-order valence-corrected chi connectivity index (χ0v) is 18.0. The Balaban J connectivity index is 1.42. The molecule has 0 saturated heterocycles. The molecule has 2 N–H and O–H groups in total. The van der Waals surface area contributed by atoms with E-state index in [2.05, 4.69) is 10.6 Å². The molecule has 0 spiro atoms. The fourth-order valence-electron chi connectivity index (χ4n) is 3.33. The molecule has 4 rings (SSSR count). The Hall–Kier alpha value is -4.38. The van der Waals surface area contributed by atoms with Crippen molar-refractivity contribution in [3.05, 3.63) is 131 Å². The molecule has 4 aromatic carbocycles. The Bertz CT molecular complexity index is 1220. The van der Waals surface area contributed by atoms with Crippen LogP contribution in [0.4, 0.5) is 5.69 Å². The highest BCUT2D eigenvalue weighted by atomic mass is 16.5.